The summed E-state index contributed by atoms with van der Waals surface area (Å²) in [5.41, 5.74) is 2.17. The van der Waals surface area contributed by atoms with Gasteiger partial charge in [-0.1, -0.05) is 55.8 Å². The Morgan fingerprint density at radius 3 is 2.50 bits per heavy atom. The lowest BCUT2D eigenvalue weighted by atomic mass is 10.0. The van der Waals surface area contributed by atoms with Gasteiger partial charge >= 0.3 is 0 Å². The van der Waals surface area contributed by atoms with Crippen LogP contribution >= 0.6 is 11.6 Å². The van der Waals surface area contributed by atoms with Gasteiger partial charge in [0.05, 0.1) is 10.4 Å². The van der Waals surface area contributed by atoms with E-state index in [1.165, 1.54) is 18.6 Å². The molecule has 0 aliphatic carbocycles. The van der Waals surface area contributed by atoms with Crippen LogP contribution in [0.3, 0.4) is 0 Å². The second-order valence-corrected chi connectivity index (χ2v) is 9.24. The van der Waals surface area contributed by atoms with Crippen molar-refractivity contribution in [1.29, 1.82) is 0 Å². The van der Waals surface area contributed by atoms with Crippen LogP contribution in [0.5, 0.6) is 0 Å². The van der Waals surface area contributed by atoms with Gasteiger partial charge in [0.25, 0.3) is 0 Å². The smallest absolute Gasteiger partial charge is 0.227 e. The van der Waals surface area contributed by atoms with E-state index in [1.807, 2.05) is 19.9 Å². The molecule has 0 N–H and O–H groups in total. The number of halogens is 3. The summed E-state index contributed by atoms with van der Waals surface area (Å²) in [4.78, 5) is 14.0. The highest BCUT2D eigenvalue weighted by Gasteiger charge is 2.29. The van der Waals surface area contributed by atoms with Crippen LogP contribution in [-0.2, 0) is 13.5 Å². The van der Waals surface area contributed by atoms with E-state index < -0.39 is 11.6 Å². The van der Waals surface area contributed by atoms with E-state index in [0.29, 0.717) is 22.7 Å². The Hall–Kier alpha value is -3.10. The molecule has 0 saturated carbocycles. The number of nitrogens with zero attached hydrogens (tertiary/aromatic N) is 6. The zero-order valence-corrected chi connectivity index (χ0v) is 22.0. The predicted molar refractivity (Wildman–Crippen MR) is 142 cm³/mol. The van der Waals surface area contributed by atoms with Gasteiger partial charge < -0.3 is 9.80 Å². The summed E-state index contributed by atoms with van der Waals surface area (Å²) >= 11 is 6.00. The Morgan fingerprint density at radius 1 is 1.06 bits per heavy atom. The maximum Gasteiger partial charge on any atom is 0.227 e. The normalized spacial score (nSPS) is 16.2. The quantitative estimate of drug-likeness (QED) is 0.330. The van der Waals surface area contributed by atoms with Crippen LogP contribution in [0.15, 0.2) is 42.6 Å². The minimum absolute atomic E-state index is 0.132. The van der Waals surface area contributed by atoms with Crippen molar-refractivity contribution in [3.05, 3.63) is 70.4 Å². The number of fused-ring (bicyclic) bond motifs is 1. The van der Waals surface area contributed by atoms with Gasteiger partial charge in [-0.3, -0.25) is 0 Å². The molecule has 36 heavy (non-hydrogen) atoms. The zero-order valence-electron chi connectivity index (χ0n) is 21.3. The molecule has 1 saturated heterocycles. The predicted octanol–water partition coefficient (Wildman–Crippen LogP) is 5.66. The lowest BCUT2D eigenvalue weighted by Gasteiger charge is -2.40. The Morgan fingerprint density at radius 2 is 1.78 bits per heavy atom. The third kappa shape index (κ3) is 4.92. The molecule has 9 heteroatoms. The van der Waals surface area contributed by atoms with Crippen LogP contribution in [0, 0.1) is 18.6 Å². The number of likely N-dealkylation sites (N-methyl/N-ethyl adjacent to an activating group) is 1. The molecule has 5 rings (SSSR count). The summed E-state index contributed by atoms with van der Waals surface area (Å²) in [7, 11) is 3.88. The van der Waals surface area contributed by atoms with Crippen molar-refractivity contribution in [2.75, 3.05) is 31.6 Å². The minimum Gasteiger partial charge on any atom is -0.335 e. The molecule has 0 radical (unpaired) electrons. The molecule has 1 atom stereocenters. The Bertz CT molecular complexity index is 1360. The summed E-state index contributed by atoms with van der Waals surface area (Å²) in [6.45, 7) is 7.96. The molecule has 1 unspecified atom stereocenters. The Kier molecular flexibility index (Phi) is 7.85. The van der Waals surface area contributed by atoms with E-state index >= 15 is 0 Å². The third-order valence-electron chi connectivity index (χ3n) is 6.46. The van der Waals surface area contributed by atoms with Crippen LogP contribution in [0.25, 0.3) is 22.3 Å². The Balaban J connectivity index is 0.00000148. The van der Waals surface area contributed by atoms with Gasteiger partial charge in [0.1, 0.15) is 17.3 Å². The number of aryl methyl sites for hydroxylation is 1. The highest BCUT2D eigenvalue weighted by atomic mass is 35.5. The van der Waals surface area contributed by atoms with E-state index in [4.69, 9.17) is 16.6 Å². The Labute approximate surface area is 215 Å². The first kappa shape index (κ1) is 26.0. The molecule has 1 aliphatic rings. The van der Waals surface area contributed by atoms with Crippen LogP contribution < -0.4 is 4.90 Å². The first-order chi connectivity index (χ1) is 17.3. The fourth-order valence-corrected chi connectivity index (χ4v) is 4.86. The highest BCUT2D eigenvalue weighted by Crippen LogP contribution is 2.34. The van der Waals surface area contributed by atoms with Gasteiger partial charge in [0, 0.05) is 50.0 Å². The topological polar surface area (TPSA) is 50.1 Å². The molecule has 0 spiro atoms. The van der Waals surface area contributed by atoms with E-state index in [9.17, 15) is 8.78 Å². The first-order valence-corrected chi connectivity index (χ1v) is 12.5. The lowest BCUT2D eigenvalue weighted by Crippen LogP contribution is -2.53. The second kappa shape index (κ2) is 10.9. The molecule has 3 heterocycles. The van der Waals surface area contributed by atoms with E-state index in [0.717, 1.165) is 26.1 Å². The van der Waals surface area contributed by atoms with Gasteiger partial charge in [0.2, 0.25) is 5.95 Å². The van der Waals surface area contributed by atoms with Crippen molar-refractivity contribution in [3.63, 3.8) is 0 Å². The van der Waals surface area contributed by atoms with Crippen LogP contribution in [0.4, 0.5) is 14.7 Å². The SMILES string of the molecule is CC.Cc1c(F)c(Cl)cc(-c2nn(C)c3nc(N4CCN(C)CC4Cc4ccccc4)ncc23)c1F. The van der Waals surface area contributed by atoms with Gasteiger partial charge in [-0.25, -0.2) is 18.4 Å². The number of rotatable bonds is 4. The fraction of sp³-hybridized carbons (Fsp3) is 0.370. The summed E-state index contributed by atoms with van der Waals surface area (Å²) < 4.78 is 30.6. The summed E-state index contributed by atoms with van der Waals surface area (Å²) in [5.74, 6) is -0.834. The van der Waals surface area contributed by atoms with E-state index in [-0.39, 0.29) is 22.2 Å². The van der Waals surface area contributed by atoms with Crippen molar-refractivity contribution in [1.82, 2.24) is 24.6 Å². The lowest BCUT2D eigenvalue weighted by molar-refractivity contribution is 0.264. The number of hydrogen-bond acceptors (Lipinski definition) is 5. The molecule has 0 amide bonds. The number of hydrogen-bond donors (Lipinski definition) is 0. The maximum atomic E-state index is 14.9. The molecule has 2 aromatic heterocycles. The average Bonchev–Trinajstić information content (AvgIpc) is 3.22. The summed E-state index contributed by atoms with van der Waals surface area (Å²) in [6.07, 6.45) is 2.55. The molecule has 2 aromatic carbocycles. The number of anilines is 1. The molecular formula is C27H31ClF2N6. The van der Waals surface area contributed by atoms with Gasteiger partial charge in [-0.15, -0.1) is 0 Å². The van der Waals surface area contributed by atoms with Crippen molar-refractivity contribution in [3.8, 4) is 11.3 Å². The van der Waals surface area contributed by atoms with Crippen molar-refractivity contribution in [2.45, 2.75) is 33.2 Å². The molecular weight excluding hydrogens is 482 g/mol. The van der Waals surface area contributed by atoms with Crippen molar-refractivity contribution >= 4 is 28.6 Å². The van der Waals surface area contributed by atoms with E-state index in [2.05, 4.69) is 51.2 Å². The molecule has 4 aromatic rings. The number of benzene rings is 2. The monoisotopic (exact) mass is 512 g/mol. The second-order valence-electron chi connectivity index (χ2n) is 8.84. The molecule has 1 aliphatic heterocycles. The third-order valence-corrected chi connectivity index (χ3v) is 6.73. The van der Waals surface area contributed by atoms with Crippen molar-refractivity contribution < 1.29 is 8.78 Å². The molecule has 0 bridgehead atoms. The van der Waals surface area contributed by atoms with Gasteiger partial charge in [0.15, 0.2) is 5.65 Å². The maximum absolute atomic E-state index is 14.9. The fourth-order valence-electron chi connectivity index (χ4n) is 4.60. The zero-order chi connectivity index (χ0) is 26.0. The first-order valence-electron chi connectivity index (χ1n) is 12.2. The van der Waals surface area contributed by atoms with Crippen molar-refractivity contribution in [2.24, 2.45) is 7.05 Å². The van der Waals surface area contributed by atoms with Crippen LogP contribution in [0.1, 0.15) is 25.0 Å². The van der Waals surface area contributed by atoms with Gasteiger partial charge in [-0.05, 0) is 32.0 Å². The summed E-state index contributed by atoms with van der Waals surface area (Å²) in [5, 5.41) is 4.92. The average molecular weight is 513 g/mol. The number of piperazine rings is 1. The summed E-state index contributed by atoms with van der Waals surface area (Å²) in [6, 6.07) is 11.9. The molecule has 190 valence electrons. The van der Waals surface area contributed by atoms with Crippen LogP contribution in [-0.4, -0.2) is 57.4 Å². The largest absolute Gasteiger partial charge is 0.335 e. The number of aromatic nitrogens is 4. The molecule has 6 nitrogen and oxygen atoms in total. The molecule has 1 fully saturated rings. The standard InChI is InChI=1S/C25H25ClF2N6.C2H6/c1-15-21(27)18(12-20(26)22(15)28)23-19-13-29-25(30-24(19)33(3)31-23)34-10-9-32(2)14-17(34)11-16-7-5-4-6-8-16;1-2/h4-8,12-13,17H,9-11,14H2,1-3H3;1-2H3. The minimum atomic E-state index is -0.763. The van der Waals surface area contributed by atoms with E-state index in [1.54, 1.807) is 17.9 Å². The van der Waals surface area contributed by atoms with Crippen LogP contribution in [0.2, 0.25) is 5.02 Å². The highest BCUT2D eigenvalue weighted by molar-refractivity contribution is 6.31. The van der Waals surface area contributed by atoms with Gasteiger partial charge in [-0.2, -0.15) is 10.1 Å².